The summed E-state index contributed by atoms with van der Waals surface area (Å²) in [4.78, 5) is 10.7. The van der Waals surface area contributed by atoms with Gasteiger partial charge in [0, 0.05) is 13.2 Å². The van der Waals surface area contributed by atoms with Crippen LogP contribution in [0, 0.1) is 5.92 Å². The van der Waals surface area contributed by atoms with Crippen LogP contribution in [-0.4, -0.2) is 36.9 Å². The van der Waals surface area contributed by atoms with Gasteiger partial charge in [-0.3, -0.25) is 10.1 Å². The van der Waals surface area contributed by atoms with E-state index in [0.29, 0.717) is 5.92 Å². The molecule has 1 aliphatic rings. The molecule has 0 amide bonds. The maximum Gasteiger partial charge on any atom is 0.323 e. The molecule has 0 aromatic heterocycles. The van der Waals surface area contributed by atoms with Crippen molar-refractivity contribution in [2.75, 3.05) is 13.7 Å². The zero-order chi connectivity index (χ0) is 9.84. The first-order valence-electron chi connectivity index (χ1n) is 4.63. The SMILES string of the molecule is COCC(NC(C)C1CC1)C(=O)O. The minimum Gasteiger partial charge on any atom is -0.480 e. The fourth-order valence-corrected chi connectivity index (χ4v) is 1.41. The smallest absolute Gasteiger partial charge is 0.323 e. The highest BCUT2D eigenvalue weighted by Crippen LogP contribution is 2.32. The Balaban J connectivity index is 2.31. The fourth-order valence-electron chi connectivity index (χ4n) is 1.41. The molecule has 0 bridgehead atoms. The first-order chi connectivity index (χ1) is 6.15. The summed E-state index contributed by atoms with van der Waals surface area (Å²) in [6.07, 6.45) is 2.43. The van der Waals surface area contributed by atoms with Crippen molar-refractivity contribution in [3.63, 3.8) is 0 Å². The molecule has 4 heteroatoms. The number of ether oxygens (including phenoxy) is 1. The van der Waals surface area contributed by atoms with E-state index in [1.54, 1.807) is 0 Å². The lowest BCUT2D eigenvalue weighted by Crippen LogP contribution is -2.45. The summed E-state index contributed by atoms with van der Waals surface area (Å²) in [7, 11) is 1.51. The van der Waals surface area contributed by atoms with Crippen molar-refractivity contribution < 1.29 is 14.6 Å². The highest BCUT2D eigenvalue weighted by molar-refractivity contribution is 5.73. The van der Waals surface area contributed by atoms with Gasteiger partial charge in [0.05, 0.1) is 6.61 Å². The summed E-state index contributed by atoms with van der Waals surface area (Å²) in [6, 6.07) is -0.281. The van der Waals surface area contributed by atoms with Gasteiger partial charge in [0.1, 0.15) is 6.04 Å². The molecule has 2 atom stereocenters. The molecule has 1 saturated carbocycles. The summed E-state index contributed by atoms with van der Waals surface area (Å²) in [6.45, 7) is 2.26. The van der Waals surface area contributed by atoms with Crippen LogP contribution < -0.4 is 5.32 Å². The first-order valence-corrected chi connectivity index (χ1v) is 4.63. The number of carboxylic acids is 1. The van der Waals surface area contributed by atoms with Gasteiger partial charge in [-0.1, -0.05) is 0 Å². The second-order valence-corrected chi connectivity index (χ2v) is 3.64. The summed E-state index contributed by atoms with van der Waals surface area (Å²) >= 11 is 0. The second kappa shape index (κ2) is 4.58. The number of aliphatic carboxylic acids is 1. The number of nitrogens with one attached hydrogen (secondary N) is 1. The van der Waals surface area contributed by atoms with Gasteiger partial charge in [-0.25, -0.2) is 0 Å². The van der Waals surface area contributed by atoms with E-state index in [1.165, 1.54) is 20.0 Å². The van der Waals surface area contributed by atoms with Crippen LogP contribution in [0.5, 0.6) is 0 Å². The average molecular weight is 187 g/mol. The molecule has 0 aliphatic heterocycles. The molecule has 4 nitrogen and oxygen atoms in total. The topological polar surface area (TPSA) is 58.6 Å². The molecular formula is C9H17NO3. The molecule has 1 aliphatic carbocycles. The Kier molecular flexibility index (Phi) is 3.69. The van der Waals surface area contributed by atoms with Gasteiger partial charge >= 0.3 is 5.97 Å². The van der Waals surface area contributed by atoms with E-state index in [-0.39, 0.29) is 12.6 Å². The van der Waals surface area contributed by atoms with Gasteiger partial charge in [-0.2, -0.15) is 0 Å². The molecular weight excluding hydrogens is 170 g/mol. The summed E-state index contributed by atoms with van der Waals surface area (Å²) < 4.78 is 4.82. The van der Waals surface area contributed by atoms with E-state index in [9.17, 15) is 4.79 Å². The quantitative estimate of drug-likeness (QED) is 0.634. The minimum atomic E-state index is -0.839. The maximum absolute atomic E-state index is 10.7. The van der Waals surface area contributed by atoms with Crippen molar-refractivity contribution >= 4 is 5.97 Å². The third-order valence-corrected chi connectivity index (χ3v) is 2.42. The molecule has 0 spiro atoms. The number of hydrogen-bond acceptors (Lipinski definition) is 3. The molecule has 0 saturated heterocycles. The molecule has 2 N–H and O–H groups in total. The van der Waals surface area contributed by atoms with E-state index in [4.69, 9.17) is 9.84 Å². The Morgan fingerprint density at radius 3 is 2.69 bits per heavy atom. The summed E-state index contributed by atoms with van der Waals surface area (Å²) in [5.41, 5.74) is 0. The average Bonchev–Trinajstić information content (AvgIpc) is 2.85. The predicted molar refractivity (Wildman–Crippen MR) is 48.6 cm³/mol. The zero-order valence-corrected chi connectivity index (χ0v) is 8.12. The standard InChI is InChI=1S/C9H17NO3/c1-6(7-3-4-7)10-8(5-13-2)9(11)12/h6-8,10H,3-5H2,1-2H3,(H,11,12). The highest BCUT2D eigenvalue weighted by atomic mass is 16.5. The van der Waals surface area contributed by atoms with Crippen LogP contribution in [0.25, 0.3) is 0 Å². The molecule has 1 rings (SSSR count). The Hall–Kier alpha value is -0.610. The first kappa shape index (κ1) is 10.5. The van der Waals surface area contributed by atoms with Gasteiger partial charge in [0.2, 0.25) is 0 Å². The Morgan fingerprint density at radius 1 is 1.69 bits per heavy atom. The maximum atomic E-state index is 10.7. The predicted octanol–water partition coefficient (Wildman–Crippen LogP) is 0.474. The summed E-state index contributed by atoms with van der Waals surface area (Å²) in [5, 5.41) is 11.9. The number of carboxylic acid groups (broad SMARTS) is 1. The van der Waals surface area contributed by atoms with Gasteiger partial charge < -0.3 is 9.84 Å². The van der Waals surface area contributed by atoms with Crippen LogP contribution in [0.1, 0.15) is 19.8 Å². The summed E-state index contributed by atoms with van der Waals surface area (Å²) in [5.74, 6) is -0.173. The molecule has 0 aromatic rings. The molecule has 0 aromatic carbocycles. The van der Waals surface area contributed by atoms with Gasteiger partial charge in [0.25, 0.3) is 0 Å². The highest BCUT2D eigenvalue weighted by Gasteiger charge is 2.30. The zero-order valence-electron chi connectivity index (χ0n) is 8.12. The van der Waals surface area contributed by atoms with Crippen molar-refractivity contribution in [2.45, 2.75) is 31.8 Å². The molecule has 0 heterocycles. The van der Waals surface area contributed by atoms with Crippen molar-refractivity contribution in [1.82, 2.24) is 5.32 Å². The number of rotatable bonds is 6. The van der Waals surface area contributed by atoms with Crippen LogP contribution in [-0.2, 0) is 9.53 Å². The van der Waals surface area contributed by atoms with Crippen molar-refractivity contribution in [3.05, 3.63) is 0 Å². The van der Waals surface area contributed by atoms with Crippen LogP contribution >= 0.6 is 0 Å². The van der Waals surface area contributed by atoms with Gasteiger partial charge in [-0.05, 0) is 25.7 Å². The molecule has 2 unspecified atom stereocenters. The van der Waals surface area contributed by atoms with Crippen LogP contribution in [0.15, 0.2) is 0 Å². The normalized spacial score (nSPS) is 21.1. The number of methoxy groups -OCH3 is 1. The number of hydrogen-bond donors (Lipinski definition) is 2. The largest absolute Gasteiger partial charge is 0.480 e. The van der Waals surface area contributed by atoms with E-state index < -0.39 is 12.0 Å². The fraction of sp³-hybridized carbons (Fsp3) is 0.889. The Bertz CT molecular complexity index is 180. The van der Waals surface area contributed by atoms with E-state index in [1.807, 2.05) is 6.92 Å². The van der Waals surface area contributed by atoms with E-state index in [2.05, 4.69) is 5.32 Å². The monoisotopic (exact) mass is 187 g/mol. The third-order valence-electron chi connectivity index (χ3n) is 2.42. The molecule has 76 valence electrons. The van der Waals surface area contributed by atoms with Crippen molar-refractivity contribution in [3.8, 4) is 0 Å². The second-order valence-electron chi connectivity index (χ2n) is 3.64. The molecule has 1 fully saturated rings. The van der Waals surface area contributed by atoms with Crippen LogP contribution in [0.3, 0.4) is 0 Å². The Labute approximate surface area is 78.3 Å². The lowest BCUT2D eigenvalue weighted by Gasteiger charge is -2.18. The van der Waals surface area contributed by atoms with Crippen LogP contribution in [0.2, 0.25) is 0 Å². The molecule has 13 heavy (non-hydrogen) atoms. The van der Waals surface area contributed by atoms with Crippen molar-refractivity contribution in [1.29, 1.82) is 0 Å². The van der Waals surface area contributed by atoms with Crippen molar-refractivity contribution in [2.24, 2.45) is 5.92 Å². The van der Waals surface area contributed by atoms with E-state index in [0.717, 1.165) is 0 Å². The lowest BCUT2D eigenvalue weighted by atomic mass is 10.2. The third kappa shape index (κ3) is 3.32. The number of carbonyl (C=O) groups is 1. The van der Waals surface area contributed by atoms with Crippen LogP contribution in [0.4, 0.5) is 0 Å². The minimum absolute atomic E-state index is 0.229. The van der Waals surface area contributed by atoms with Gasteiger partial charge in [-0.15, -0.1) is 0 Å². The lowest BCUT2D eigenvalue weighted by molar-refractivity contribution is -0.141. The van der Waals surface area contributed by atoms with E-state index >= 15 is 0 Å². The molecule has 0 radical (unpaired) electrons. The van der Waals surface area contributed by atoms with Gasteiger partial charge in [0.15, 0.2) is 0 Å². The Morgan fingerprint density at radius 2 is 2.31 bits per heavy atom.